The number of carbonyl (C=O) groups excluding carboxylic acids is 4. The summed E-state index contributed by atoms with van der Waals surface area (Å²) >= 11 is 26.2. The van der Waals surface area contributed by atoms with Crippen LogP contribution in [0.3, 0.4) is 0 Å². The van der Waals surface area contributed by atoms with Crippen molar-refractivity contribution < 1.29 is 45.5 Å². The van der Waals surface area contributed by atoms with E-state index >= 15 is 0 Å². The molecular weight excluding hydrogens is 1110 g/mol. The number of nitrogens with one attached hydrogen (secondary N) is 4. The Bertz CT molecular complexity index is 3600. The van der Waals surface area contributed by atoms with Gasteiger partial charge in [0.25, 0.3) is 35.3 Å². The molecule has 22 nitrogen and oxygen atoms in total. The van der Waals surface area contributed by atoms with E-state index in [9.17, 15) is 45.5 Å². The number of hydrogen-bond donors (Lipinski definition) is 4. The zero-order valence-corrected chi connectivity index (χ0v) is 43.0. The van der Waals surface area contributed by atoms with Gasteiger partial charge in [0.1, 0.15) is 11.4 Å². The lowest BCUT2D eigenvalue weighted by Gasteiger charge is -2.19. The molecule has 0 spiro atoms. The second kappa shape index (κ2) is 22.3. The summed E-state index contributed by atoms with van der Waals surface area (Å²) in [6.45, 7) is 5.38. The van der Waals surface area contributed by atoms with E-state index in [1.165, 1.54) is 60.9 Å². The van der Waals surface area contributed by atoms with E-state index in [0.29, 0.717) is 26.1 Å². The Balaban J connectivity index is 1.08. The van der Waals surface area contributed by atoms with Gasteiger partial charge >= 0.3 is 12.4 Å². The van der Waals surface area contributed by atoms with E-state index in [1.807, 2.05) is 0 Å². The Morgan fingerprint density at radius 1 is 0.649 bits per heavy atom. The van der Waals surface area contributed by atoms with Crippen molar-refractivity contribution in [1.29, 1.82) is 0 Å². The van der Waals surface area contributed by atoms with Crippen LogP contribution < -0.4 is 21.3 Å². The Morgan fingerprint density at radius 3 is 1.64 bits per heavy atom. The molecule has 8 aromatic rings. The normalized spacial score (nSPS) is 12.1. The van der Waals surface area contributed by atoms with Gasteiger partial charge in [-0.3, -0.25) is 19.2 Å². The molecule has 1 unspecified atom stereocenters. The van der Waals surface area contributed by atoms with Gasteiger partial charge in [-0.05, 0) is 126 Å². The molecule has 0 bridgehead atoms. The van der Waals surface area contributed by atoms with Crippen molar-refractivity contribution in [1.82, 2.24) is 80.6 Å². The summed E-state index contributed by atoms with van der Waals surface area (Å²) in [6.07, 6.45) is -7.24. The molecule has 0 aliphatic heterocycles. The summed E-state index contributed by atoms with van der Waals surface area (Å²) in [6, 6.07) is 11.6. The van der Waals surface area contributed by atoms with E-state index in [2.05, 4.69) is 72.5 Å². The van der Waals surface area contributed by atoms with E-state index in [1.54, 1.807) is 27.7 Å². The maximum Gasteiger partial charge on any atom is 0.453 e. The number of halogens is 10. The quantitative estimate of drug-likeness (QED) is 0.0673. The first kappa shape index (κ1) is 55.2. The molecule has 0 radical (unpaired) electrons. The number of hydrogen-bond acceptors (Lipinski definition) is 14. The largest absolute Gasteiger partial charge is 0.453 e. The molecule has 6 aromatic heterocycles. The lowest BCUT2D eigenvalue weighted by atomic mass is 10.0. The number of amides is 4. The van der Waals surface area contributed by atoms with E-state index < -0.39 is 66.8 Å². The molecule has 400 valence electrons. The molecule has 0 aliphatic carbocycles. The maximum absolute atomic E-state index is 14.3. The number of rotatable bonds is 16. The maximum atomic E-state index is 14.3. The van der Waals surface area contributed by atoms with Gasteiger partial charge in [0.05, 0.1) is 57.0 Å². The van der Waals surface area contributed by atoms with Crippen molar-refractivity contribution in [3.63, 3.8) is 0 Å². The monoisotopic (exact) mass is 1150 g/mol. The Morgan fingerprint density at radius 2 is 1.14 bits per heavy atom. The summed E-state index contributed by atoms with van der Waals surface area (Å²) in [5, 5.41) is 39.0. The fourth-order valence-corrected chi connectivity index (χ4v) is 8.79. The average molecular weight is 1150 g/mol. The zero-order chi connectivity index (χ0) is 55.7. The third-order valence-corrected chi connectivity index (χ3v) is 12.2. The number of aryl methyl sites for hydroxylation is 2. The first-order valence-electron chi connectivity index (χ1n) is 22.3. The van der Waals surface area contributed by atoms with Gasteiger partial charge in [0.2, 0.25) is 0 Å². The lowest BCUT2D eigenvalue weighted by molar-refractivity contribution is -0.148. The summed E-state index contributed by atoms with van der Waals surface area (Å²) in [5.74, 6) is -6.21. The van der Waals surface area contributed by atoms with Crippen LogP contribution in [0.5, 0.6) is 0 Å². The fraction of sp³-hybridized carbons (Fsp3) is 0.244. The second-order valence-electron chi connectivity index (χ2n) is 16.7. The third-order valence-electron chi connectivity index (χ3n) is 11.1. The number of aromatic nitrogens is 14. The van der Waals surface area contributed by atoms with Crippen LogP contribution in [0.1, 0.15) is 95.3 Å². The molecule has 6 heterocycles. The van der Waals surface area contributed by atoms with Crippen LogP contribution >= 0.6 is 46.4 Å². The highest BCUT2D eigenvalue weighted by Crippen LogP contribution is 2.33. The van der Waals surface area contributed by atoms with Gasteiger partial charge in [-0.15, -0.1) is 10.2 Å². The van der Waals surface area contributed by atoms with Crippen molar-refractivity contribution >= 4 is 81.4 Å². The van der Waals surface area contributed by atoms with Crippen molar-refractivity contribution in [3.05, 3.63) is 149 Å². The molecule has 2 aromatic carbocycles. The second-order valence-corrected chi connectivity index (χ2v) is 18.4. The number of alkyl halides is 6. The van der Waals surface area contributed by atoms with Gasteiger partial charge < -0.3 is 21.3 Å². The predicted octanol–water partition coefficient (Wildman–Crippen LogP) is 7.80. The Kier molecular flexibility index (Phi) is 15.9. The smallest absolute Gasteiger partial charge is 0.352 e. The Hall–Kier alpha value is -8.08. The van der Waals surface area contributed by atoms with Crippen molar-refractivity contribution in [2.24, 2.45) is 0 Å². The summed E-state index contributed by atoms with van der Waals surface area (Å²) < 4.78 is 85.3. The fourth-order valence-electron chi connectivity index (χ4n) is 7.78. The number of anilines is 2. The van der Waals surface area contributed by atoms with Gasteiger partial charge in [-0.25, -0.2) is 28.7 Å². The van der Waals surface area contributed by atoms with Crippen molar-refractivity contribution in [2.75, 3.05) is 17.2 Å². The molecule has 0 fully saturated rings. The van der Waals surface area contributed by atoms with E-state index in [0.717, 1.165) is 15.4 Å². The Labute approximate surface area is 449 Å². The van der Waals surface area contributed by atoms with Crippen LogP contribution in [0.25, 0.3) is 11.6 Å². The minimum atomic E-state index is -4.96. The van der Waals surface area contributed by atoms with E-state index in [4.69, 9.17) is 46.4 Å². The first-order valence-corrected chi connectivity index (χ1v) is 23.8. The molecular formula is C45H36Cl4F6N18O4. The molecule has 4 amide bonds. The molecule has 32 heteroatoms. The van der Waals surface area contributed by atoms with Crippen LogP contribution in [0.4, 0.5) is 37.7 Å². The SMILES string of the molecule is CCNC(=O)c1cc(Cl)cc(C)c1NC(=O)c1cc(Cn2nnnc2C(F)(F)F)nn1-c1nccc(CC(C)NC(=O)c2cc(Cl)cc(C)c2NC(=O)c2cc(Cn3nnnc3C(F)(F)F)nn2-c2ncccc2Cl)c1Cl. The van der Waals surface area contributed by atoms with Crippen LogP contribution in [-0.4, -0.2) is 106 Å². The summed E-state index contributed by atoms with van der Waals surface area (Å²) in [5.41, 5.74) is 0.132. The molecule has 0 saturated heterocycles. The molecule has 1 atom stereocenters. The number of pyridine rings is 2. The van der Waals surface area contributed by atoms with E-state index in [-0.39, 0.29) is 90.0 Å². The highest BCUT2D eigenvalue weighted by atomic mass is 35.5. The van der Waals surface area contributed by atoms with Crippen LogP contribution in [0.2, 0.25) is 20.1 Å². The highest BCUT2D eigenvalue weighted by molar-refractivity contribution is 6.33. The zero-order valence-electron chi connectivity index (χ0n) is 39.9. The number of benzene rings is 2. The van der Waals surface area contributed by atoms with Crippen molar-refractivity contribution in [3.8, 4) is 11.6 Å². The highest BCUT2D eigenvalue weighted by Gasteiger charge is 2.39. The minimum Gasteiger partial charge on any atom is -0.352 e. The summed E-state index contributed by atoms with van der Waals surface area (Å²) in [7, 11) is 0. The van der Waals surface area contributed by atoms with Gasteiger partial charge in [0, 0.05) is 35.0 Å². The summed E-state index contributed by atoms with van der Waals surface area (Å²) in [4.78, 5) is 64.4. The molecule has 77 heavy (non-hydrogen) atoms. The lowest BCUT2D eigenvalue weighted by Crippen LogP contribution is -2.35. The molecule has 8 rings (SSSR count). The standard InChI is InChI=1S/C45H36Cl4F6N18O4/c1-5-56-38(74)28-14-24(46)11-20(2)34(28)60-41(77)32-17-27(19-71-43(45(53,54)55)63-67-69-71)65-73(32)37-33(49)23(8-10-58-37)13-22(4)59-39(75)29-15-25(47)12-21(3)35(29)61-40(76)31-16-26(18-70-42(44(50,51)52)62-66-68-70)64-72(31)36-30(48)7-6-9-57-36/h6-12,14-17,22H,5,13,18-19H2,1-4H3,(H,56,74)(H,59,75)(H,60,77)(H,61,76). The van der Waals surface area contributed by atoms with Gasteiger partial charge in [0.15, 0.2) is 11.6 Å². The minimum absolute atomic E-state index is 0.0100. The average Bonchev–Trinajstić information content (AvgIpc) is 4.20. The first-order chi connectivity index (χ1) is 36.4. The number of carbonyl (C=O) groups is 4. The molecule has 4 N–H and O–H groups in total. The van der Waals surface area contributed by atoms with Crippen molar-refractivity contribution in [2.45, 2.75) is 65.6 Å². The molecule has 0 saturated carbocycles. The number of nitrogens with zero attached hydrogens (tertiary/aromatic N) is 14. The van der Waals surface area contributed by atoms with Gasteiger partial charge in [-0.2, -0.15) is 36.5 Å². The van der Waals surface area contributed by atoms with Crippen LogP contribution in [0.15, 0.2) is 67.0 Å². The number of tetrazole rings is 2. The molecule has 0 aliphatic rings. The van der Waals surface area contributed by atoms with Crippen LogP contribution in [-0.2, 0) is 31.9 Å². The predicted molar refractivity (Wildman–Crippen MR) is 264 cm³/mol. The van der Waals surface area contributed by atoms with Crippen LogP contribution in [0, 0.1) is 13.8 Å². The third kappa shape index (κ3) is 12.1. The topological polar surface area (TPSA) is 265 Å². The van der Waals surface area contributed by atoms with Gasteiger partial charge in [-0.1, -0.05) is 46.4 Å².